The highest BCUT2D eigenvalue weighted by atomic mass is 35.5. The number of halogens is 1. The third-order valence-electron chi connectivity index (χ3n) is 1.93. The summed E-state index contributed by atoms with van der Waals surface area (Å²) in [6.45, 7) is 1.96. The molecule has 2 aromatic rings. The van der Waals surface area contributed by atoms with E-state index >= 15 is 0 Å². The van der Waals surface area contributed by atoms with Gasteiger partial charge in [-0.15, -0.1) is 11.3 Å². The van der Waals surface area contributed by atoms with E-state index in [1.165, 1.54) is 4.88 Å². The van der Waals surface area contributed by atoms with Crippen LogP contribution in [0.15, 0.2) is 23.7 Å². The zero-order chi connectivity index (χ0) is 10.7. The average molecular weight is 237 g/mol. The minimum Gasteiger partial charge on any atom is -0.226 e. The van der Waals surface area contributed by atoms with Crippen LogP contribution in [0, 0.1) is 6.92 Å². The predicted octanol–water partition coefficient (Wildman–Crippen LogP) is 3.67. The quantitative estimate of drug-likeness (QED) is 0.744. The van der Waals surface area contributed by atoms with Crippen molar-refractivity contribution in [1.29, 1.82) is 0 Å². The SMILES string of the molecule is Cc1cnc(Cl)nc1/C=C/c1cccs1. The molecule has 2 aromatic heterocycles. The van der Waals surface area contributed by atoms with Crippen LogP contribution in [0.2, 0.25) is 5.28 Å². The van der Waals surface area contributed by atoms with Crippen LogP contribution in [0.3, 0.4) is 0 Å². The number of rotatable bonds is 2. The molecule has 15 heavy (non-hydrogen) atoms. The Bertz CT molecular complexity index is 477. The fraction of sp³-hybridized carbons (Fsp3) is 0.0909. The third-order valence-corrected chi connectivity index (χ3v) is 2.95. The summed E-state index contributed by atoms with van der Waals surface area (Å²) >= 11 is 7.41. The summed E-state index contributed by atoms with van der Waals surface area (Å²) in [5.74, 6) is 0. The minimum atomic E-state index is 0.284. The third kappa shape index (κ3) is 2.64. The fourth-order valence-electron chi connectivity index (χ4n) is 1.15. The van der Waals surface area contributed by atoms with Gasteiger partial charge in [-0.3, -0.25) is 0 Å². The summed E-state index contributed by atoms with van der Waals surface area (Å²) in [6, 6.07) is 4.07. The molecule has 0 saturated carbocycles. The summed E-state index contributed by atoms with van der Waals surface area (Å²) in [5, 5.41) is 2.32. The first-order valence-electron chi connectivity index (χ1n) is 4.46. The van der Waals surface area contributed by atoms with E-state index in [0.717, 1.165) is 11.3 Å². The van der Waals surface area contributed by atoms with Crippen LogP contribution in [0.1, 0.15) is 16.1 Å². The van der Waals surface area contributed by atoms with Crippen molar-refractivity contribution in [3.63, 3.8) is 0 Å². The van der Waals surface area contributed by atoms with Crippen molar-refractivity contribution in [2.75, 3.05) is 0 Å². The van der Waals surface area contributed by atoms with Gasteiger partial charge in [0, 0.05) is 11.1 Å². The molecule has 0 aromatic carbocycles. The Morgan fingerprint density at radius 1 is 1.40 bits per heavy atom. The number of hydrogen-bond donors (Lipinski definition) is 0. The largest absolute Gasteiger partial charge is 0.226 e. The molecular formula is C11H9ClN2S. The van der Waals surface area contributed by atoms with Crippen molar-refractivity contribution in [3.8, 4) is 0 Å². The van der Waals surface area contributed by atoms with Crippen LogP contribution in [-0.2, 0) is 0 Å². The van der Waals surface area contributed by atoms with Crippen LogP contribution < -0.4 is 0 Å². The van der Waals surface area contributed by atoms with Crippen LogP contribution in [0.5, 0.6) is 0 Å². The van der Waals surface area contributed by atoms with Crippen LogP contribution >= 0.6 is 22.9 Å². The first-order valence-corrected chi connectivity index (χ1v) is 5.72. The monoisotopic (exact) mass is 236 g/mol. The van der Waals surface area contributed by atoms with Crippen molar-refractivity contribution in [2.24, 2.45) is 0 Å². The van der Waals surface area contributed by atoms with Gasteiger partial charge in [0.15, 0.2) is 0 Å². The van der Waals surface area contributed by atoms with Gasteiger partial charge in [0.2, 0.25) is 5.28 Å². The lowest BCUT2D eigenvalue weighted by atomic mass is 10.2. The van der Waals surface area contributed by atoms with E-state index in [1.54, 1.807) is 17.5 Å². The zero-order valence-corrected chi connectivity index (χ0v) is 9.72. The van der Waals surface area contributed by atoms with Crippen molar-refractivity contribution >= 4 is 35.1 Å². The highest BCUT2D eigenvalue weighted by Crippen LogP contribution is 2.14. The van der Waals surface area contributed by atoms with E-state index in [-0.39, 0.29) is 5.28 Å². The van der Waals surface area contributed by atoms with Gasteiger partial charge in [0.1, 0.15) is 0 Å². The molecule has 0 aliphatic carbocycles. The Morgan fingerprint density at radius 2 is 2.27 bits per heavy atom. The van der Waals surface area contributed by atoms with E-state index in [1.807, 2.05) is 30.5 Å². The maximum absolute atomic E-state index is 5.72. The van der Waals surface area contributed by atoms with Crippen molar-refractivity contribution in [3.05, 3.63) is 45.1 Å². The van der Waals surface area contributed by atoms with Crippen molar-refractivity contribution in [2.45, 2.75) is 6.92 Å². The molecule has 0 fully saturated rings. The number of nitrogens with zero attached hydrogens (tertiary/aromatic N) is 2. The van der Waals surface area contributed by atoms with Gasteiger partial charge in [-0.1, -0.05) is 6.07 Å². The normalized spacial score (nSPS) is 11.1. The average Bonchev–Trinajstić information content (AvgIpc) is 2.72. The molecule has 2 rings (SSSR count). The molecular weight excluding hydrogens is 228 g/mol. The van der Waals surface area contributed by atoms with Gasteiger partial charge in [0.25, 0.3) is 0 Å². The van der Waals surface area contributed by atoms with Gasteiger partial charge in [-0.25, -0.2) is 9.97 Å². The number of aromatic nitrogens is 2. The first-order chi connectivity index (χ1) is 7.25. The molecule has 2 heterocycles. The number of aryl methyl sites for hydroxylation is 1. The van der Waals surface area contributed by atoms with Crippen LogP contribution in [-0.4, -0.2) is 9.97 Å². The molecule has 76 valence electrons. The highest BCUT2D eigenvalue weighted by Gasteiger charge is 1.98. The van der Waals surface area contributed by atoms with Gasteiger partial charge < -0.3 is 0 Å². The minimum absolute atomic E-state index is 0.284. The zero-order valence-electron chi connectivity index (χ0n) is 8.14. The van der Waals surface area contributed by atoms with Crippen LogP contribution in [0.25, 0.3) is 12.2 Å². The molecule has 0 saturated heterocycles. The van der Waals surface area contributed by atoms with E-state index in [2.05, 4.69) is 16.0 Å². The Hall–Kier alpha value is -1.19. The fourth-order valence-corrected chi connectivity index (χ4v) is 1.91. The first kappa shape index (κ1) is 10.3. The molecule has 0 amide bonds. The van der Waals surface area contributed by atoms with E-state index in [0.29, 0.717) is 0 Å². The van der Waals surface area contributed by atoms with Crippen LogP contribution in [0.4, 0.5) is 0 Å². The summed E-state index contributed by atoms with van der Waals surface area (Å²) in [7, 11) is 0. The molecule has 0 spiro atoms. The lowest BCUT2D eigenvalue weighted by molar-refractivity contribution is 1.11. The summed E-state index contributed by atoms with van der Waals surface area (Å²) < 4.78 is 0. The van der Waals surface area contributed by atoms with Gasteiger partial charge in [-0.05, 0) is 47.7 Å². The van der Waals surface area contributed by atoms with E-state index < -0.39 is 0 Å². The van der Waals surface area contributed by atoms with Crippen molar-refractivity contribution < 1.29 is 0 Å². The molecule has 0 bridgehead atoms. The summed E-state index contributed by atoms with van der Waals surface area (Å²) in [6.07, 6.45) is 5.70. The van der Waals surface area contributed by atoms with E-state index in [9.17, 15) is 0 Å². The molecule has 0 N–H and O–H groups in total. The van der Waals surface area contributed by atoms with E-state index in [4.69, 9.17) is 11.6 Å². The predicted molar refractivity (Wildman–Crippen MR) is 65.0 cm³/mol. The summed E-state index contributed by atoms with van der Waals surface area (Å²) in [5.41, 5.74) is 1.88. The molecule has 0 radical (unpaired) electrons. The van der Waals surface area contributed by atoms with Crippen molar-refractivity contribution in [1.82, 2.24) is 9.97 Å². The Labute approximate surface area is 97.3 Å². The lowest BCUT2D eigenvalue weighted by Gasteiger charge is -1.97. The second-order valence-electron chi connectivity index (χ2n) is 3.06. The highest BCUT2D eigenvalue weighted by molar-refractivity contribution is 7.10. The standard InChI is InChI=1S/C11H9ClN2S/c1-8-7-13-11(12)14-10(8)5-4-9-3-2-6-15-9/h2-7H,1H3/b5-4+. The Kier molecular flexibility index (Phi) is 3.14. The number of thiophene rings is 1. The second kappa shape index (κ2) is 4.55. The lowest BCUT2D eigenvalue weighted by Crippen LogP contribution is -1.89. The maximum Gasteiger partial charge on any atom is 0.222 e. The van der Waals surface area contributed by atoms with Gasteiger partial charge in [-0.2, -0.15) is 0 Å². The van der Waals surface area contributed by atoms with Gasteiger partial charge >= 0.3 is 0 Å². The molecule has 4 heteroatoms. The summed E-state index contributed by atoms with van der Waals surface area (Å²) in [4.78, 5) is 9.25. The molecule has 0 unspecified atom stereocenters. The maximum atomic E-state index is 5.72. The molecule has 0 aliphatic heterocycles. The molecule has 0 aliphatic rings. The number of hydrogen-bond acceptors (Lipinski definition) is 3. The van der Waals surface area contributed by atoms with Gasteiger partial charge in [0.05, 0.1) is 5.69 Å². The second-order valence-corrected chi connectivity index (χ2v) is 4.37. The Balaban J connectivity index is 2.27. The topological polar surface area (TPSA) is 25.8 Å². The molecule has 2 nitrogen and oxygen atoms in total. The smallest absolute Gasteiger partial charge is 0.222 e. The Morgan fingerprint density at radius 3 is 3.00 bits per heavy atom. The molecule has 0 atom stereocenters.